The molecule has 1 amide bonds. The molecule has 0 saturated carbocycles. The Kier molecular flexibility index (Phi) is 6.55. The zero-order valence-corrected chi connectivity index (χ0v) is 19.1. The Hall–Kier alpha value is -2.80. The molecule has 0 radical (unpaired) electrons. The molecule has 2 heterocycles. The molecule has 0 aliphatic carbocycles. The van der Waals surface area contributed by atoms with Crippen molar-refractivity contribution in [2.24, 2.45) is 5.73 Å². The number of hydrogen-bond donors (Lipinski definition) is 2. The van der Waals surface area contributed by atoms with Gasteiger partial charge in [-0.05, 0) is 49.2 Å². The van der Waals surface area contributed by atoms with Crippen LogP contribution in [0.1, 0.15) is 35.4 Å². The Morgan fingerprint density at radius 2 is 1.84 bits per heavy atom. The predicted molar refractivity (Wildman–Crippen MR) is 128 cm³/mol. The van der Waals surface area contributed by atoms with Crippen LogP contribution in [0.25, 0.3) is 11.1 Å². The molecule has 1 saturated heterocycles. The van der Waals surface area contributed by atoms with Crippen molar-refractivity contribution < 1.29 is 9.53 Å². The first-order valence-corrected chi connectivity index (χ1v) is 11.1. The number of pyridine rings is 1. The predicted octanol–water partition coefficient (Wildman–Crippen LogP) is 4.95. The molecule has 8 heteroatoms. The van der Waals surface area contributed by atoms with Crippen LogP contribution in [0.4, 0.5) is 5.82 Å². The van der Waals surface area contributed by atoms with Gasteiger partial charge in [-0.1, -0.05) is 41.4 Å². The van der Waals surface area contributed by atoms with Crippen molar-refractivity contribution in [1.29, 1.82) is 0 Å². The minimum atomic E-state index is -0.428. The van der Waals surface area contributed by atoms with Crippen molar-refractivity contribution in [3.63, 3.8) is 0 Å². The van der Waals surface area contributed by atoms with E-state index in [9.17, 15) is 4.79 Å². The van der Waals surface area contributed by atoms with Crippen molar-refractivity contribution in [3.8, 4) is 16.9 Å². The summed E-state index contributed by atoms with van der Waals surface area (Å²) in [5.74, 6) is 0.688. The maximum Gasteiger partial charge on any atom is 0.253 e. The van der Waals surface area contributed by atoms with E-state index in [4.69, 9.17) is 39.4 Å². The van der Waals surface area contributed by atoms with Gasteiger partial charge in [0.05, 0.1) is 0 Å². The Morgan fingerprint density at radius 1 is 1.16 bits per heavy atom. The van der Waals surface area contributed by atoms with Gasteiger partial charge in [-0.15, -0.1) is 0 Å². The van der Waals surface area contributed by atoms with Crippen molar-refractivity contribution in [3.05, 3.63) is 75.9 Å². The van der Waals surface area contributed by atoms with Gasteiger partial charge in [0.1, 0.15) is 6.10 Å². The molecule has 4 rings (SSSR count). The number of rotatable bonds is 5. The summed E-state index contributed by atoms with van der Waals surface area (Å²) in [6.07, 6.45) is 2.08. The van der Waals surface area contributed by atoms with Gasteiger partial charge in [-0.25, -0.2) is 4.98 Å². The van der Waals surface area contributed by atoms with Gasteiger partial charge in [0.2, 0.25) is 0 Å². The third-order valence-corrected chi connectivity index (χ3v) is 6.23. The fourth-order valence-electron chi connectivity index (χ4n) is 3.82. The Balaban J connectivity index is 1.54. The van der Waals surface area contributed by atoms with Gasteiger partial charge in [0.15, 0.2) is 11.6 Å². The topological polar surface area (TPSA) is 94.5 Å². The van der Waals surface area contributed by atoms with E-state index >= 15 is 0 Å². The molecule has 3 aromatic rings. The lowest BCUT2D eigenvalue weighted by Crippen LogP contribution is -2.31. The highest BCUT2D eigenvalue weighted by molar-refractivity contribution is 6.36. The van der Waals surface area contributed by atoms with E-state index in [0.29, 0.717) is 40.0 Å². The summed E-state index contributed by atoms with van der Waals surface area (Å²) in [6.45, 7) is 3.14. The number of ether oxygens (including phenoxy) is 1. The fraction of sp³-hybridized carbons (Fsp3) is 0.250. The number of carbonyl (C=O) groups is 1. The van der Waals surface area contributed by atoms with Crippen molar-refractivity contribution in [1.82, 2.24) is 9.88 Å². The Morgan fingerprint density at radius 3 is 2.47 bits per heavy atom. The van der Waals surface area contributed by atoms with Gasteiger partial charge in [0.25, 0.3) is 5.91 Å². The van der Waals surface area contributed by atoms with Crippen LogP contribution in [0.15, 0.2) is 54.7 Å². The molecular weight excluding hydrogens is 447 g/mol. The van der Waals surface area contributed by atoms with E-state index in [1.807, 2.05) is 37.3 Å². The molecule has 4 N–H and O–H groups in total. The smallest absolute Gasteiger partial charge is 0.253 e. The van der Waals surface area contributed by atoms with Gasteiger partial charge in [-0.3, -0.25) is 4.79 Å². The van der Waals surface area contributed by atoms with Crippen LogP contribution in [0.3, 0.4) is 0 Å². The van der Waals surface area contributed by atoms with E-state index in [1.54, 1.807) is 29.3 Å². The lowest BCUT2D eigenvalue weighted by atomic mass is 10.0. The molecule has 2 aromatic carbocycles. The molecular formula is C24H24Cl2N4O2. The highest BCUT2D eigenvalue weighted by atomic mass is 35.5. The molecule has 32 heavy (non-hydrogen) atoms. The van der Waals surface area contributed by atoms with Gasteiger partial charge < -0.3 is 21.1 Å². The summed E-state index contributed by atoms with van der Waals surface area (Å²) in [4.78, 5) is 18.7. The van der Waals surface area contributed by atoms with E-state index in [-0.39, 0.29) is 17.8 Å². The molecule has 2 atom stereocenters. The summed E-state index contributed by atoms with van der Waals surface area (Å²) in [5.41, 5.74) is 15.0. The Labute approximate surface area is 197 Å². The van der Waals surface area contributed by atoms with Crippen molar-refractivity contribution in [2.45, 2.75) is 25.5 Å². The number of hydrogen-bond acceptors (Lipinski definition) is 5. The van der Waals surface area contributed by atoms with Crippen LogP contribution in [0, 0.1) is 0 Å². The highest BCUT2D eigenvalue weighted by Crippen LogP contribution is 2.35. The van der Waals surface area contributed by atoms with Gasteiger partial charge in [-0.2, -0.15) is 0 Å². The number of likely N-dealkylation sites (tertiary alicyclic amines) is 1. The maximum absolute atomic E-state index is 12.7. The number of carbonyl (C=O) groups excluding carboxylic acids is 1. The maximum atomic E-state index is 12.7. The lowest BCUT2D eigenvalue weighted by molar-refractivity contribution is 0.0791. The van der Waals surface area contributed by atoms with Crippen LogP contribution < -0.4 is 16.2 Å². The van der Waals surface area contributed by atoms with E-state index in [2.05, 4.69) is 4.98 Å². The Bertz CT molecular complexity index is 1120. The molecule has 1 fully saturated rings. The van der Waals surface area contributed by atoms with Gasteiger partial charge in [0, 0.05) is 52.1 Å². The molecule has 0 spiro atoms. The average Bonchev–Trinajstić information content (AvgIpc) is 3.21. The molecule has 1 aliphatic heterocycles. The normalized spacial score (nSPS) is 16.8. The highest BCUT2D eigenvalue weighted by Gasteiger charge is 2.24. The number of nitrogen functional groups attached to an aromatic ring is 1. The van der Waals surface area contributed by atoms with Crippen LogP contribution >= 0.6 is 23.2 Å². The zero-order chi connectivity index (χ0) is 22.8. The second kappa shape index (κ2) is 9.36. The summed E-state index contributed by atoms with van der Waals surface area (Å²) < 4.78 is 6.07. The molecule has 0 bridgehead atoms. The largest absolute Gasteiger partial charge is 0.482 e. The summed E-state index contributed by atoms with van der Waals surface area (Å²) >= 11 is 12.6. The standard InChI is InChI=1S/C24H24Cl2N4O2/c1-14(22-19(25)3-2-4-20(22)26)32-21-11-17(12-29-23(21)28)15-5-7-16(8-6-15)24(31)30-10-9-18(27)13-30/h2-8,11-12,14,18H,9-10,13,27H2,1H3,(H2,28,29)/t14?,18-/m1/s1. The van der Waals surface area contributed by atoms with Crippen LogP contribution in [-0.2, 0) is 0 Å². The van der Waals surface area contributed by atoms with Crippen LogP contribution in [0.5, 0.6) is 5.75 Å². The first-order valence-electron chi connectivity index (χ1n) is 10.3. The average molecular weight is 471 g/mol. The van der Waals surface area contributed by atoms with Crippen molar-refractivity contribution >= 4 is 34.9 Å². The SMILES string of the molecule is CC(Oc1cc(-c2ccc(C(=O)N3CC[C@@H](N)C3)cc2)cnc1N)c1c(Cl)cccc1Cl. The third kappa shape index (κ3) is 4.67. The number of aromatic nitrogens is 1. The second-order valence-corrected chi connectivity index (χ2v) is 8.69. The molecule has 166 valence electrons. The monoisotopic (exact) mass is 470 g/mol. The number of amides is 1. The first kappa shape index (κ1) is 22.4. The number of halogens is 2. The van der Waals surface area contributed by atoms with Gasteiger partial charge >= 0.3 is 0 Å². The number of nitrogens with zero attached hydrogens (tertiary/aromatic N) is 2. The summed E-state index contributed by atoms with van der Waals surface area (Å²) in [6, 6.07) is 14.6. The summed E-state index contributed by atoms with van der Waals surface area (Å²) in [5, 5.41) is 1.04. The van der Waals surface area contributed by atoms with Crippen LogP contribution in [-0.4, -0.2) is 34.9 Å². The second-order valence-electron chi connectivity index (χ2n) is 7.88. The minimum absolute atomic E-state index is 0.00519. The zero-order valence-electron chi connectivity index (χ0n) is 17.6. The van der Waals surface area contributed by atoms with E-state index in [1.165, 1.54) is 0 Å². The third-order valence-electron chi connectivity index (χ3n) is 5.57. The quantitative estimate of drug-likeness (QED) is 0.549. The molecule has 1 unspecified atom stereocenters. The van der Waals surface area contributed by atoms with Crippen molar-refractivity contribution in [2.75, 3.05) is 18.8 Å². The van der Waals surface area contributed by atoms with E-state index < -0.39 is 6.10 Å². The lowest BCUT2D eigenvalue weighted by Gasteiger charge is -2.19. The minimum Gasteiger partial charge on any atom is -0.482 e. The first-order chi connectivity index (χ1) is 15.3. The molecule has 1 aromatic heterocycles. The van der Waals surface area contributed by atoms with E-state index in [0.717, 1.165) is 17.5 Å². The molecule has 1 aliphatic rings. The summed E-state index contributed by atoms with van der Waals surface area (Å²) in [7, 11) is 0. The number of nitrogens with two attached hydrogens (primary N) is 2. The molecule has 6 nitrogen and oxygen atoms in total. The van der Waals surface area contributed by atoms with Crippen LogP contribution in [0.2, 0.25) is 10.0 Å². The number of anilines is 1. The number of benzene rings is 2. The fourth-order valence-corrected chi connectivity index (χ4v) is 4.52.